The first kappa shape index (κ1) is 53.4. The summed E-state index contributed by atoms with van der Waals surface area (Å²) in [5.41, 5.74) is 5.33. The number of carbonyl (C=O) groups excluding carboxylic acids is 2. The first-order valence-electron chi connectivity index (χ1n) is 21.7. The Bertz CT molecular complexity index is 1140. The fourth-order valence-corrected chi connectivity index (χ4v) is 6.44. The van der Waals surface area contributed by atoms with Crippen LogP contribution in [-0.2, 0) is 37.5 Å². The van der Waals surface area contributed by atoms with Gasteiger partial charge in [0.1, 0.15) is 12.6 Å². The molecular formula is C44H78NO10P. The van der Waals surface area contributed by atoms with Gasteiger partial charge in [-0.15, -0.1) is 0 Å². The van der Waals surface area contributed by atoms with Gasteiger partial charge in [-0.05, 0) is 70.6 Å². The molecule has 0 saturated carbocycles. The van der Waals surface area contributed by atoms with Crippen LogP contribution in [0, 0.1) is 0 Å². The maximum atomic E-state index is 12.6. The molecule has 0 spiro atoms. The molecule has 0 aromatic rings. The van der Waals surface area contributed by atoms with Gasteiger partial charge in [-0.2, -0.15) is 0 Å². The Balaban J connectivity index is 4.38. The second-order valence-electron chi connectivity index (χ2n) is 14.4. The summed E-state index contributed by atoms with van der Waals surface area (Å²) in [7, 11) is -4.72. The Labute approximate surface area is 339 Å². The molecule has 56 heavy (non-hydrogen) atoms. The van der Waals surface area contributed by atoms with Gasteiger partial charge in [0.15, 0.2) is 6.10 Å². The van der Waals surface area contributed by atoms with Gasteiger partial charge in [0.25, 0.3) is 0 Å². The van der Waals surface area contributed by atoms with E-state index >= 15 is 0 Å². The zero-order valence-corrected chi connectivity index (χ0v) is 35.9. The van der Waals surface area contributed by atoms with Crippen LogP contribution in [0.5, 0.6) is 0 Å². The second kappa shape index (κ2) is 39.3. The lowest BCUT2D eigenvalue weighted by molar-refractivity contribution is -0.161. The molecule has 0 radical (unpaired) electrons. The van der Waals surface area contributed by atoms with Crippen molar-refractivity contribution >= 4 is 25.7 Å². The van der Waals surface area contributed by atoms with Gasteiger partial charge in [0.05, 0.1) is 13.2 Å². The number of carboxylic acids is 1. The van der Waals surface area contributed by atoms with E-state index in [1.165, 1.54) is 70.6 Å². The van der Waals surface area contributed by atoms with E-state index in [0.717, 1.165) is 70.6 Å². The Morgan fingerprint density at radius 3 is 1.52 bits per heavy atom. The Kier molecular flexibility index (Phi) is 37.5. The van der Waals surface area contributed by atoms with E-state index in [4.69, 9.17) is 24.8 Å². The van der Waals surface area contributed by atoms with Gasteiger partial charge in [-0.1, -0.05) is 146 Å². The van der Waals surface area contributed by atoms with Gasteiger partial charge < -0.3 is 25.2 Å². The van der Waals surface area contributed by atoms with E-state index in [1.807, 2.05) is 0 Å². The smallest absolute Gasteiger partial charge is 0.472 e. The fourth-order valence-electron chi connectivity index (χ4n) is 5.66. The summed E-state index contributed by atoms with van der Waals surface area (Å²) in [5.74, 6) is -2.40. The number of allylic oxidation sites excluding steroid dienone is 8. The SMILES string of the molecule is CC/C=C/C/C=C/C/C=C/CCCCCCCC(=O)OC[C@H](COP(=O)(O)OC[C@H](N)C(=O)O)OC(=O)CCCCCCCCCCC/C=C/CCCCCC. The molecule has 4 N–H and O–H groups in total. The lowest BCUT2D eigenvalue weighted by atomic mass is 10.1. The number of rotatable bonds is 40. The molecule has 0 bridgehead atoms. The third-order valence-corrected chi connectivity index (χ3v) is 10.0. The normalized spacial score (nSPS) is 14.2. The van der Waals surface area contributed by atoms with E-state index in [-0.39, 0.29) is 19.4 Å². The van der Waals surface area contributed by atoms with Crippen molar-refractivity contribution in [1.29, 1.82) is 0 Å². The van der Waals surface area contributed by atoms with Gasteiger partial charge in [0, 0.05) is 12.8 Å². The number of phosphoric acid groups is 1. The molecule has 0 aromatic heterocycles. The molecule has 0 aliphatic heterocycles. The van der Waals surface area contributed by atoms with Crippen molar-refractivity contribution in [2.75, 3.05) is 19.8 Å². The van der Waals surface area contributed by atoms with Crippen molar-refractivity contribution in [3.8, 4) is 0 Å². The van der Waals surface area contributed by atoms with Crippen LogP contribution in [0.15, 0.2) is 48.6 Å². The van der Waals surface area contributed by atoms with Crippen LogP contribution < -0.4 is 5.73 Å². The molecule has 12 heteroatoms. The molecule has 0 aromatic carbocycles. The Morgan fingerprint density at radius 1 is 0.571 bits per heavy atom. The summed E-state index contributed by atoms with van der Waals surface area (Å²) in [6.07, 6.45) is 43.1. The van der Waals surface area contributed by atoms with Crippen LogP contribution in [0.4, 0.5) is 0 Å². The van der Waals surface area contributed by atoms with Gasteiger partial charge >= 0.3 is 25.7 Å². The number of esters is 2. The highest BCUT2D eigenvalue weighted by Gasteiger charge is 2.28. The quantitative estimate of drug-likeness (QED) is 0.0233. The largest absolute Gasteiger partial charge is 0.480 e. The summed E-state index contributed by atoms with van der Waals surface area (Å²) in [6, 6.07) is -1.52. The number of phosphoric ester groups is 1. The minimum atomic E-state index is -4.72. The minimum absolute atomic E-state index is 0.154. The first-order chi connectivity index (χ1) is 27.1. The van der Waals surface area contributed by atoms with Crippen LogP contribution in [0.25, 0.3) is 0 Å². The lowest BCUT2D eigenvalue weighted by Gasteiger charge is -2.20. The molecule has 0 aliphatic rings. The van der Waals surface area contributed by atoms with Crippen LogP contribution in [0.1, 0.15) is 181 Å². The maximum absolute atomic E-state index is 12.6. The summed E-state index contributed by atoms with van der Waals surface area (Å²) in [6.45, 7) is 2.66. The number of aliphatic carboxylic acids is 1. The monoisotopic (exact) mass is 812 g/mol. The zero-order valence-electron chi connectivity index (χ0n) is 35.0. The van der Waals surface area contributed by atoms with Crippen molar-refractivity contribution in [3.63, 3.8) is 0 Å². The molecule has 0 heterocycles. The average Bonchev–Trinajstić information content (AvgIpc) is 3.17. The van der Waals surface area contributed by atoms with E-state index in [9.17, 15) is 23.8 Å². The van der Waals surface area contributed by atoms with Gasteiger partial charge in [0.2, 0.25) is 0 Å². The lowest BCUT2D eigenvalue weighted by Crippen LogP contribution is -2.34. The van der Waals surface area contributed by atoms with E-state index in [2.05, 4.69) is 67.0 Å². The third kappa shape index (κ3) is 38.3. The number of carbonyl (C=O) groups is 3. The van der Waals surface area contributed by atoms with Crippen molar-refractivity contribution < 1.29 is 47.5 Å². The third-order valence-electron chi connectivity index (χ3n) is 9.06. The van der Waals surface area contributed by atoms with Crippen molar-refractivity contribution in [2.24, 2.45) is 5.73 Å². The van der Waals surface area contributed by atoms with Gasteiger partial charge in [-0.25, -0.2) is 4.57 Å². The number of nitrogens with two attached hydrogens (primary N) is 1. The highest BCUT2D eigenvalue weighted by molar-refractivity contribution is 7.47. The van der Waals surface area contributed by atoms with Crippen molar-refractivity contribution in [1.82, 2.24) is 0 Å². The molecule has 0 aliphatic carbocycles. The molecular weight excluding hydrogens is 733 g/mol. The number of ether oxygens (including phenoxy) is 2. The molecule has 0 rings (SSSR count). The average molecular weight is 812 g/mol. The van der Waals surface area contributed by atoms with Crippen LogP contribution in [0.3, 0.4) is 0 Å². The van der Waals surface area contributed by atoms with Crippen LogP contribution in [-0.4, -0.2) is 59.9 Å². The first-order valence-corrected chi connectivity index (χ1v) is 23.2. The summed E-state index contributed by atoms with van der Waals surface area (Å²) < 4.78 is 32.7. The van der Waals surface area contributed by atoms with Crippen LogP contribution >= 0.6 is 7.82 Å². The summed E-state index contributed by atoms with van der Waals surface area (Å²) in [5, 5.41) is 8.89. The molecule has 0 amide bonds. The molecule has 11 nitrogen and oxygen atoms in total. The summed E-state index contributed by atoms with van der Waals surface area (Å²) in [4.78, 5) is 45.9. The van der Waals surface area contributed by atoms with E-state index in [0.29, 0.717) is 12.8 Å². The van der Waals surface area contributed by atoms with Gasteiger partial charge in [-0.3, -0.25) is 23.4 Å². The molecule has 1 unspecified atom stereocenters. The zero-order chi connectivity index (χ0) is 41.4. The highest BCUT2D eigenvalue weighted by atomic mass is 31.2. The van der Waals surface area contributed by atoms with E-state index < -0.39 is 51.1 Å². The maximum Gasteiger partial charge on any atom is 0.472 e. The predicted molar refractivity (Wildman–Crippen MR) is 226 cm³/mol. The Morgan fingerprint density at radius 2 is 1.00 bits per heavy atom. The summed E-state index contributed by atoms with van der Waals surface area (Å²) >= 11 is 0. The molecule has 3 atom stereocenters. The highest BCUT2D eigenvalue weighted by Crippen LogP contribution is 2.43. The number of hydrogen-bond donors (Lipinski definition) is 3. The molecule has 0 fully saturated rings. The minimum Gasteiger partial charge on any atom is -0.480 e. The number of carboxylic acid groups (broad SMARTS) is 1. The molecule has 324 valence electrons. The molecule has 0 saturated heterocycles. The van der Waals surface area contributed by atoms with Crippen molar-refractivity contribution in [3.05, 3.63) is 48.6 Å². The number of unbranched alkanes of at least 4 members (excludes halogenated alkanes) is 18. The van der Waals surface area contributed by atoms with E-state index in [1.54, 1.807) is 0 Å². The number of hydrogen-bond acceptors (Lipinski definition) is 9. The van der Waals surface area contributed by atoms with Crippen LogP contribution in [0.2, 0.25) is 0 Å². The second-order valence-corrected chi connectivity index (χ2v) is 15.9. The standard InChI is InChI=1S/C44H78NO10P/c1-3-5-7-9-11-13-15-17-19-20-22-24-26-28-30-32-34-36-43(47)55-40(38-53-56(50,51)54-39-41(45)44(48)49)37-52-42(46)35-33-31-29-27-25-23-21-18-16-14-12-10-8-6-4-2/h6,8,12-15,18,21,40-41H,3-5,7,9-11,16-17,19-20,22-39,45H2,1-2H3,(H,48,49)(H,50,51)/b8-6+,14-12+,15-13+,21-18+/t40-,41+/m1/s1. The van der Waals surface area contributed by atoms with Crippen molar-refractivity contribution in [2.45, 2.75) is 193 Å². The fraction of sp³-hybridized carbons (Fsp3) is 0.750. The Hall–Kier alpha value is -2.56. The predicted octanol–water partition coefficient (Wildman–Crippen LogP) is 11.4. The topological polar surface area (TPSA) is 172 Å².